The summed E-state index contributed by atoms with van der Waals surface area (Å²) in [6, 6.07) is 7.17. The molecule has 1 saturated carbocycles. The van der Waals surface area contributed by atoms with Gasteiger partial charge < -0.3 is 30.2 Å². The molecule has 3 heterocycles. The van der Waals surface area contributed by atoms with Crippen molar-refractivity contribution in [1.29, 1.82) is 0 Å². The molecule has 2 aliphatic rings. The van der Waals surface area contributed by atoms with Crippen LogP contribution in [0.4, 0.5) is 16.2 Å². The van der Waals surface area contributed by atoms with Crippen LogP contribution in [0.1, 0.15) is 39.8 Å². The van der Waals surface area contributed by atoms with Crippen LogP contribution >= 0.6 is 7.75 Å². The molecule has 1 saturated heterocycles. The molecule has 3 aromatic rings. The van der Waals surface area contributed by atoms with E-state index in [1.807, 2.05) is 5.92 Å². The van der Waals surface area contributed by atoms with Gasteiger partial charge in [-0.25, -0.2) is 13.9 Å². The van der Waals surface area contributed by atoms with E-state index in [2.05, 4.69) is 25.4 Å². The third-order valence-corrected chi connectivity index (χ3v) is 8.35. The minimum atomic E-state index is -4.34. The first-order valence-electron chi connectivity index (χ1n) is 13.7. The molecule has 230 valence electrons. The van der Waals surface area contributed by atoms with Crippen LogP contribution in [0.25, 0.3) is 11.2 Å². The number of hydrogen-bond acceptors (Lipinski definition) is 12. The summed E-state index contributed by atoms with van der Waals surface area (Å²) in [5.74, 6) is 1.73. The molecule has 14 nitrogen and oxygen atoms in total. The third kappa shape index (κ3) is 6.58. The number of alkyl halides is 1. The summed E-state index contributed by atoms with van der Waals surface area (Å²) in [7, 11) is -4.34. The zero-order valence-electron chi connectivity index (χ0n) is 23.7. The number of nitrogens with two attached hydrogens (primary N) is 1. The number of rotatable bonds is 12. The number of imidazole rings is 1. The fourth-order valence-corrected chi connectivity index (χ4v) is 5.95. The highest BCUT2D eigenvalue weighted by Gasteiger charge is 2.58. The highest BCUT2D eigenvalue weighted by Crippen LogP contribution is 2.48. The number of nitrogen functional groups attached to an aromatic ring is 1. The number of para-hydroxylation sites is 1. The standard InChI is InChI=1S/C27H33FN7O7P/c1-5-27(28)21(36)19(41-25(27)35-14-30-20-22(31-17-11-12-17)32-26(29)33-23(20)35)13-39-43(38,42-18-9-7-6-8-10-18)34-16(4)24(37)40-15(2)3/h1,6-10,14-17,19,21,25,36H,11-13H2,2-4H3,(H,34,38)(H3,29,31,32,33)/t16-,19?,21-,25-,27-,43+/m1/s1. The number of ether oxygens (including phenoxy) is 2. The van der Waals surface area contributed by atoms with E-state index >= 15 is 4.39 Å². The van der Waals surface area contributed by atoms with Gasteiger partial charge in [-0.3, -0.25) is 13.9 Å². The number of anilines is 2. The highest BCUT2D eigenvalue weighted by atomic mass is 31.2. The Hall–Kier alpha value is -3.80. The number of fused-ring (bicyclic) bond motifs is 1. The summed E-state index contributed by atoms with van der Waals surface area (Å²) in [6.45, 7) is 4.10. The first-order valence-corrected chi connectivity index (χ1v) is 15.2. The topological polar surface area (TPSA) is 185 Å². The minimum absolute atomic E-state index is 0.0869. The van der Waals surface area contributed by atoms with E-state index in [0.29, 0.717) is 11.3 Å². The van der Waals surface area contributed by atoms with Gasteiger partial charge in [0, 0.05) is 6.04 Å². The van der Waals surface area contributed by atoms with Crippen molar-refractivity contribution in [1.82, 2.24) is 24.6 Å². The molecule has 1 aromatic carbocycles. The van der Waals surface area contributed by atoms with Gasteiger partial charge in [0.25, 0.3) is 0 Å². The summed E-state index contributed by atoms with van der Waals surface area (Å²) in [5, 5.41) is 16.7. The maximum atomic E-state index is 16.3. The van der Waals surface area contributed by atoms with Gasteiger partial charge in [0.1, 0.15) is 24.0 Å². The largest absolute Gasteiger partial charge is 0.462 e. The Kier molecular flexibility index (Phi) is 8.60. The lowest BCUT2D eigenvalue weighted by Crippen LogP contribution is -2.42. The van der Waals surface area contributed by atoms with Crippen LogP contribution < -0.4 is 20.7 Å². The normalized spacial score (nSPS) is 25.7. The summed E-state index contributed by atoms with van der Waals surface area (Å²) >= 11 is 0. The monoisotopic (exact) mass is 617 g/mol. The van der Waals surface area contributed by atoms with E-state index in [-0.39, 0.29) is 23.4 Å². The molecular weight excluding hydrogens is 584 g/mol. The second-order valence-corrected chi connectivity index (χ2v) is 12.3. The Morgan fingerprint density at radius 1 is 1.33 bits per heavy atom. The number of esters is 1. The van der Waals surface area contributed by atoms with E-state index in [4.69, 9.17) is 30.7 Å². The van der Waals surface area contributed by atoms with Gasteiger partial charge in [0.15, 0.2) is 23.2 Å². The summed E-state index contributed by atoms with van der Waals surface area (Å²) in [4.78, 5) is 25.1. The van der Waals surface area contributed by atoms with E-state index in [1.165, 1.54) is 30.0 Å². The number of benzene rings is 1. The summed E-state index contributed by atoms with van der Waals surface area (Å²) in [6.07, 6.45) is 3.34. The molecule has 1 aliphatic carbocycles. The summed E-state index contributed by atoms with van der Waals surface area (Å²) < 4.78 is 53.6. The molecule has 43 heavy (non-hydrogen) atoms. The maximum absolute atomic E-state index is 16.3. The number of carbonyl (C=O) groups excluding carboxylic acids is 1. The van der Waals surface area contributed by atoms with E-state index in [9.17, 15) is 14.5 Å². The van der Waals surface area contributed by atoms with Crippen molar-refractivity contribution in [2.45, 2.75) is 75.9 Å². The average molecular weight is 618 g/mol. The Balaban J connectivity index is 1.39. The molecule has 1 unspecified atom stereocenters. The number of hydrogen-bond donors (Lipinski definition) is 4. The van der Waals surface area contributed by atoms with E-state index in [1.54, 1.807) is 32.0 Å². The quantitative estimate of drug-likeness (QED) is 0.132. The fourth-order valence-electron chi connectivity index (χ4n) is 4.44. The van der Waals surface area contributed by atoms with Crippen LogP contribution in [0.2, 0.25) is 0 Å². The number of aromatic nitrogens is 4. The molecule has 1 aliphatic heterocycles. The van der Waals surface area contributed by atoms with Gasteiger partial charge in [-0.05, 0) is 45.7 Å². The first kappa shape index (κ1) is 30.7. The van der Waals surface area contributed by atoms with Gasteiger partial charge >= 0.3 is 13.7 Å². The van der Waals surface area contributed by atoms with Crippen LogP contribution in [0, 0.1) is 12.3 Å². The Bertz CT molecular complexity index is 1560. The first-order chi connectivity index (χ1) is 20.4. The van der Waals surface area contributed by atoms with Crippen molar-refractivity contribution >= 4 is 36.6 Å². The number of nitrogens with zero attached hydrogens (tertiary/aromatic N) is 4. The molecule has 0 radical (unpaired) electrons. The van der Waals surface area contributed by atoms with Crippen molar-refractivity contribution in [2.24, 2.45) is 0 Å². The molecule has 0 bridgehead atoms. The van der Waals surface area contributed by atoms with Crippen LogP contribution in [0.15, 0.2) is 36.7 Å². The van der Waals surface area contributed by atoms with Crippen molar-refractivity contribution in [3.63, 3.8) is 0 Å². The number of nitrogens with one attached hydrogen (secondary N) is 2. The maximum Gasteiger partial charge on any atom is 0.459 e. The fraction of sp³-hybridized carbons (Fsp3) is 0.481. The van der Waals surface area contributed by atoms with Gasteiger partial charge in [-0.1, -0.05) is 24.1 Å². The molecule has 5 rings (SSSR count). The SMILES string of the molecule is C#C[C@@]1(F)[C@H](O)C(CO[P@@](=O)(N[C@H](C)C(=O)OC(C)C)Oc2ccccc2)O[C@H]1n1cnc2c(NC3CC3)nc(N)nc21. The second kappa shape index (κ2) is 12.1. The molecule has 0 amide bonds. The number of terminal acetylenes is 1. The lowest BCUT2D eigenvalue weighted by atomic mass is 9.97. The number of halogens is 1. The molecule has 5 N–H and O–H groups in total. The molecular formula is C27H33FN7O7P. The van der Waals surface area contributed by atoms with Crippen LogP contribution in [-0.2, 0) is 23.4 Å². The highest BCUT2D eigenvalue weighted by molar-refractivity contribution is 7.52. The Labute approximate surface area is 247 Å². The Morgan fingerprint density at radius 3 is 2.70 bits per heavy atom. The minimum Gasteiger partial charge on any atom is -0.462 e. The number of aliphatic hydroxyl groups excluding tert-OH is 1. The summed E-state index contributed by atoms with van der Waals surface area (Å²) in [5.41, 5.74) is 3.58. The predicted octanol–water partition coefficient (Wildman–Crippen LogP) is 2.72. The molecule has 2 aromatic heterocycles. The van der Waals surface area contributed by atoms with Crippen LogP contribution in [0.3, 0.4) is 0 Å². The smallest absolute Gasteiger partial charge is 0.459 e. The lowest BCUT2D eigenvalue weighted by Gasteiger charge is -2.25. The van der Waals surface area contributed by atoms with E-state index < -0.39 is 56.6 Å². The van der Waals surface area contributed by atoms with Crippen molar-refractivity contribution in [2.75, 3.05) is 17.7 Å². The average Bonchev–Trinajstić information content (AvgIpc) is 3.62. The number of aliphatic hydroxyl groups is 1. The molecule has 2 fully saturated rings. The third-order valence-electron chi connectivity index (χ3n) is 6.71. The van der Waals surface area contributed by atoms with Gasteiger partial charge in [-0.2, -0.15) is 15.1 Å². The second-order valence-electron chi connectivity index (χ2n) is 10.6. The zero-order valence-corrected chi connectivity index (χ0v) is 24.6. The zero-order chi connectivity index (χ0) is 30.9. The van der Waals surface area contributed by atoms with Gasteiger partial charge in [-0.15, -0.1) is 6.42 Å². The van der Waals surface area contributed by atoms with Gasteiger partial charge in [0.05, 0.1) is 19.0 Å². The molecule has 16 heteroatoms. The Morgan fingerprint density at radius 2 is 2.05 bits per heavy atom. The molecule has 0 spiro atoms. The predicted molar refractivity (Wildman–Crippen MR) is 153 cm³/mol. The van der Waals surface area contributed by atoms with Crippen LogP contribution in [-0.4, -0.2) is 73.3 Å². The lowest BCUT2D eigenvalue weighted by molar-refractivity contribution is -0.149. The van der Waals surface area contributed by atoms with Gasteiger partial charge in [0.2, 0.25) is 11.6 Å². The van der Waals surface area contributed by atoms with Crippen molar-refractivity contribution in [3.05, 3.63) is 36.7 Å². The van der Waals surface area contributed by atoms with Crippen molar-refractivity contribution < 1.29 is 37.4 Å². The number of carbonyl (C=O) groups is 1. The van der Waals surface area contributed by atoms with Crippen molar-refractivity contribution in [3.8, 4) is 18.1 Å². The molecule has 6 atom stereocenters. The van der Waals surface area contributed by atoms with E-state index in [0.717, 1.165) is 12.8 Å². The van der Waals surface area contributed by atoms with Crippen LogP contribution in [0.5, 0.6) is 5.75 Å².